The van der Waals surface area contributed by atoms with Crippen LogP contribution in [0.4, 0.5) is 5.69 Å². The fraction of sp³-hybridized carbons (Fsp3) is 0.400. The highest BCUT2D eigenvalue weighted by Crippen LogP contribution is 2.20. The van der Waals surface area contributed by atoms with Crippen LogP contribution in [0.2, 0.25) is 0 Å². The lowest BCUT2D eigenvalue weighted by Gasteiger charge is -2.09. The number of sulfone groups is 1. The molecule has 1 saturated heterocycles. The molecule has 0 bridgehead atoms. The second-order valence-electron chi connectivity index (χ2n) is 4.95. The summed E-state index contributed by atoms with van der Waals surface area (Å²) >= 11 is 0. The molecule has 1 amide bonds. The molecule has 1 aliphatic heterocycles. The number of anilines is 1. The Kier molecular flexibility index (Phi) is 4.99. The Morgan fingerprint density at radius 3 is 2.90 bits per heavy atom. The summed E-state index contributed by atoms with van der Waals surface area (Å²) in [6.07, 6.45) is 0.778. The monoisotopic (exact) mass is 307 g/mol. The molecule has 2 rings (SSSR count). The molecule has 0 aromatic heterocycles. The van der Waals surface area contributed by atoms with Crippen molar-refractivity contribution in [2.45, 2.75) is 12.8 Å². The van der Waals surface area contributed by atoms with Gasteiger partial charge in [0.15, 0.2) is 9.84 Å². The molecule has 0 radical (unpaired) electrons. The first kappa shape index (κ1) is 15.5. The van der Waals surface area contributed by atoms with Crippen molar-refractivity contribution in [1.29, 1.82) is 0 Å². The predicted octanol–water partition coefficient (Wildman–Crippen LogP) is 0.794. The molecule has 1 unspecified atom stereocenters. The molecule has 6 heteroatoms. The lowest BCUT2D eigenvalue weighted by molar-refractivity contribution is -0.119. The van der Waals surface area contributed by atoms with Gasteiger partial charge in [-0.2, -0.15) is 0 Å². The smallest absolute Gasteiger partial charge is 0.228 e. The van der Waals surface area contributed by atoms with Gasteiger partial charge in [0.25, 0.3) is 0 Å². The van der Waals surface area contributed by atoms with E-state index in [1.807, 2.05) is 0 Å². The fourth-order valence-corrected chi connectivity index (χ4v) is 3.88. The first-order chi connectivity index (χ1) is 10.00. The summed E-state index contributed by atoms with van der Waals surface area (Å²) in [5.41, 5.74) is 1.33. The van der Waals surface area contributed by atoms with Crippen molar-refractivity contribution in [1.82, 2.24) is 0 Å². The van der Waals surface area contributed by atoms with Crippen molar-refractivity contribution in [3.8, 4) is 11.8 Å². The lowest BCUT2D eigenvalue weighted by Crippen LogP contribution is -2.23. The molecule has 1 fully saturated rings. The van der Waals surface area contributed by atoms with E-state index in [0.717, 1.165) is 5.56 Å². The topological polar surface area (TPSA) is 83.5 Å². The second kappa shape index (κ2) is 6.74. The minimum absolute atomic E-state index is 0.0135. The minimum atomic E-state index is -3.06. The Balaban J connectivity index is 2.02. The summed E-state index contributed by atoms with van der Waals surface area (Å²) in [6, 6.07) is 7.04. The Hall–Kier alpha value is -1.84. The summed E-state index contributed by atoms with van der Waals surface area (Å²) in [6.45, 7) is 0.0135. The van der Waals surface area contributed by atoms with Crippen LogP contribution in [0.1, 0.15) is 18.4 Å². The third-order valence-corrected chi connectivity index (χ3v) is 4.97. The van der Waals surface area contributed by atoms with E-state index in [4.69, 9.17) is 5.11 Å². The minimum Gasteiger partial charge on any atom is -0.395 e. The van der Waals surface area contributed by atoms with Gasteiger partial charge in [0.2, 0.25) is 5.91 Å². The van der Waals surface area contributed by atoms with Crippen molar-refractivity contribution in [2.24, 2.45) is 5.92 Å². The molecule has 1 aliphatic rings. The van der Waals surface area contributed by atoms with Gasteiger partial charge >= 0.3 is 0 Å². The number of hydrogen-bond donors (Lipinski definition) is 2. The van der Waals surface area contributed by atoms with Gasteiger partial charge in [-0.25, -0.2) is 8.42 Å². The highest BCUT2D eigenvalue weighted by atomic mass is 32.2. The number of amides is 1. The van der Waals surface area contributed by atoms with Crippen LogP contribution in [0.5, 0.6) is 0 Å². The Morgan fingerprint density at radius 2 is 2.24 bits per heavy atom. The van der Waals surface area contributed by atoms with Gasteiger partial charge in [-0.3, -0.25) is 4.79 Å². The van der Waals surface area contributed by atoms with Crippen molar-refractivity contribution in [3.05, 3.63) is 29.8 Å². The quantitative estimate of drug-likeness (QED) is 0.809. The van der Waals surface area contributed by atoms with Crippen LogP contribution in [-0.2, 0) is 14.6 Å². The van der Waals surface area contributed by atoms with Crippen molar-refractivity contribution in [2.75, 3.05) is 23.4 Å². The molecular weight excluding hydrogens is 290 g/mol. The van der Waals surface area contributed by atoms with E-state index in [2.05, 4.69) is 17.2 Å². The molecule has 2 N–H and O–H groups in total. The SMILES string of the molecule is O=C(Nc1cccc(C#CCCO)c1)C1CCS(=O)(=O)C1. The fourth-order valence-electron chi connectivity index (χ4n) is 2.14. The van der Waals surface area contributed by atoms with Crippen molar-refractivity contribution < 1.29 is 18.3 Å². The van der Waals surface area contributed by atoms with Crippen LogP contribution < -0.4 is 5.32 Å². The maximum Gasteiger partial charge on any atom is 0.228 e. The maximum atomic E-state index is 12.0. The van der Waals surface area contributed by atoms with Crippen LogP contribution in [0.3, 0.4) is 0 Å². The normalized spacial score (nSPS) is 19.6. The summed E-state index contributed by atoms with van der Waals surface area (Å²) in [7, 11) is -3.06. The van der Waals surface area contributed by atoms with E-state index in [1.165, 1.54) is 0 Å². The number of hydrogen-bond acceptors (Lipinski definition) is 4. The van der Waals surface area contributed by atoms with Gasteiger partial charge in [0.05, 0.1) is 24.0 Å². The van der Waals surface area contributed by atoms with Gasteiger partial charge in [0.1, 0.15) is 0 Å². The van der Waals surface area contributed by atoms with Gasteiger partial charge in [-0.1, -0.05) is 17.9 Å². The number of carbonyl (C=O) groups excluding carboxylic acids is 1. The average Bonchev–Trinajstić information content (AvgIpc) is 2.80. The third-order valence-electron chi connectivity index (χ3n) is 3.20. The van der Waals surface area contributed by atoms with Crippen LogP contribution in [-0.4, -0.2) is 37.5 Å². The van der Waals surface area contributed by atoms with E-state index in [-0.39, 0.29) is 24.0 Å². The number of benzene rings is 1. The van der Waals surface area contributed by atoms with E-state index in [0.29, 0.717) is 18.5 Å². The standard InChI is InChI=1S/C15H17NO4S/c17-8-2-1-4-12-5-3-6-14(10-12)16-15(18)13-7-9-21(19,20)11-13/h3,5-6,10,13,17H,2,7-9,11H2,(H,16,18). The molecular formula is C15H17NO4S. The Bertz CT molecular complexity index is 685. The predicted molar refractivity (Wildman–Crippen MR) is 80.4 cm³/mol. The second-order valence-corrected chi connectivity index (χ2v) is 7.17. The van der Waals surface area contributed by atoms with Crippen LogP contribution in [0, 0.1) is 17.8 Å². The summed E-state index contributed by atoms with van der Waals surface area (Å²) in [4.78, 5) is 12.0. The summed E-state index contributed by atoms with van der Waals surface area (Å²) in [5, 5.41) is 11.4. The maximum absolute atomic E-state index is 12.0. The molecule has 1 heterocycles. The number of nitrogens with one attached hydrogen (secondary N) is 1. The average molecular weight is 307 g/mol. The lowest BCUT2D eigenvalue weighted by atomic mass is 10.1. The molecule has 112 valence electrons. The molecule has 0 aliphatic carbocycles. The number of rotatable bonds is 3. The molecule has 21 heavy (non-hydrogen) atoms. The molecule has 1 aromatic rings. The molecule has 0 spiro atoms. The Labute approximate surface area is 124 Å². The third kappa shape index (κ3) is 4.59. The van der Waals surface area contributed by atoms with E-state index in [1.54, 1.807) is 24.3 Å². The van der Waals surface area contributed by atoms with Crippen LogP contribution in [0.25, 0.3) is 0 Å². The van der Waals surface area contributed by atoms with E-state index in [9.17, 15) is 13.2 Å². The van der Waals surface area contributed by atoms with Gasteiger partial charge < -0.3 is 10.4 Å². The van der Waals surface area contributed by atoms with Crippen molar-refractivity contribution in [3.63, 3.8) is 0 Å². The van der Waals surface area contributed by atoms with Gasteiger partial charge in [-0.15, -0.1) is 0 Å². The summed E-state index contributed by atoms with van der Waals surface area (Å²) in [5.74, 6) is 4.96. The van der Waals surface area contributed by atoms with Crippen LogP contribution >= 0.6 is 0 Å². The zero-order chi connectivity index (χ0) is 15.3. The first-order valence-electron chi connectivity index (χ1n) is 6.71. The first-order valence-corrected chi connectivity index (χ1v) is 8.53. The van der Waals surface area contributed by atoms with Crippen LogP contribution in [0.15, 0.2) is 24.3 Å². The van der Waals surface area contributed by atoms with Gasteiger partial charge in [0, 0.05) is 17.7 Å². The molecule has 5 nitrogen and oxygen atoms in total. The van der Waals surface area contributed by atoms with E-state index >= 15 is 0 Å². The zero-order valence-corrected chi connectivity index (χ0v) is 12.3. The van der Waals surface area contributed by atoms with Crippen molar-refractivity contribution >= 4 is 21.4 Å². The highest BCUT2D eigenvalue weighted by Gasteiger charge is 2.32. The largest absolute Gasteiger partial charge is 0.395 e. The van der Waals surface area contributed by atoms with E-state index < -0.39 is 15.8 Å². The summed E-state index contributed by atoms with van der Waals surface area (Å²) < 4.78 is 22.8. The Morgan fingerprint density at radius 1 is 1.43 bits per heavy atom. The number of aliphatic hydroxyl groups is 1. The highest BCUT2D eigenvalue weighted by molar-refractivity contribution is 7.91. The van der Waals surface area contributed by atoms with Gasteiger partial charge in [-0.05, 0) is 24.6 Å². The number of aliphatic hydroxyl groups excluding tert-OH is 1. The molecule has 1 atom stereocenters. The molecule has 1 aromatic carbocycles. The molecule has 0 saturated carbocycles. The zero-order valence-electron chi connectivity index (χ0n) is 11.5. The number of carbonyl (C=O) groups is 1.